The van der Waals surface area contributed by atoms with Gasteiger partial charge in [-0.15, -0.1) is 0 Å². The first kappa shape index (κ1) is 14.4. The third kappa shape index (κ3) is 3.73. The van der Waals surface area contributed by atoms with Crippen molar-refractivity contribution in [3.05, 3.63) is 29.8 Å². The van der Waals surface area contributed by atoms with E-state index in [0.717, 1.165) is 5.92 Å². The lowest BCUT2D eigenvalue weighted by Crippen LogP contribution is -2.25. The Labute approximate surface area is 118 Å². The summed E-state index contributed by atoms with van der Waals surface area (Å²) < 4.78 is 0. The lowest BCUT2D eigenvalue weighted by atomic mass is 10.0. The number of benzene rings is 1. The number of para-hydroxylation sites is 1. The zero-order valence-corrected chi connectivity index (χ0v) is 12.7. The van der Waals surface area contributed by atoms with Crippen molar-refractivity contribution in [1.29, 1.82) is 0 Å². The first-order chi connectivity index (χ1) is 9.22. The van der Waals surface area contributed by atoms with Crippen LogP contribution in [0.25, 0.3) is 0 Å². The topological polar surface area (TPSA) is 15.3 Å². The summed E-state index contributed by atoms with van der Waals surface area (Å²) in [6.07, 6.45) is 5.15. The van der Waals surface area contributed by atoms with Gasteiger partial charge in [0.15, 0.2) is 0 Å². The molecule has 1 aliphatic heterocycles. The number of nitrogens with one attached hydrogen (secondary N) is 1. The van der Waals surface area contributed by atoms with E-state index >= 15 is 0 Å². The molecule has 2 rings (SSSR count). The minimum atomic E-state index is 0.520. The fourth-order valence-electron chi connectivity index (χ4n) is 3.05. The summed E-state index contributed by atoms with van der Waals surface area (Å²) >= 11 is 0. The molecule has 1 atom stereocenters. The monoisotopic (exact) mass is 260 g/mol. The molecule has 0 bridgehead atoms. The molecule has 0 radical (unpaired) electrons. The van der Waals surface area contributed by atoms with Gasteiger partial charge in [0.25, 0.3) is 0 Å². The van der Waals surface area contributed by atoms with E-state index in [4.69, 9.17) is 0 Å². The van der Waals surface area contributed by atoms with Crippen molar-refractivity contribution in [2.75, 3.05) is 25.0 Å². The molecule has 0 aliphatic carbocycles. The molecule has 1 aliphatic rings. The molecule has 0 saturated heterocycles. The van der Waals surface area contributed by atoms with Gasteiger partial charge in [0.1, 0.15) is 0 Å². The fraction of sp³-hybridized carbons (Fsp3) is 0.647. The average Bonchev–Trinajstić information content (AvgIpc) is 2.58. The van der Waals surface area contributed by atoms with Crippen molar-refractivity contribution < 1.29 is 0 Å². The molecule has 2 nitrogen and oxygen atoms in total. The van der Waals surface area contributed by atoms with Crippen LogP contribution in [0, 0.1) is 5.92 Å². The van der Waals surface area contributed by atoms with Gasteiger partial charge >= 0.3 is 0 Å². The van der Waals surface area contributed by atoms with Crippen LogP contribution in [0.1, 0.15) is 51.1 Å². The van der Waals surface area contributed by atoms with E-state index in [1.54, 1.807) is 0 Å². The van der Waals surface area contributed by atoms with E-state index in [1.807, 2.05) is 0 Å². The van der Waals surface area contributed by atoms with Crippen molar-refractivity contribution in [3.63, 3.8) is 0 Å². The molecular weight excluding hydrogens is 232 g/mol. The van der Waals surface area contributed by atoms with E-state index < -0.39 is 0 Å². The van der Waals surface area contributed by atoms with Crippen molar-refractivity contribution in [2.24, 2.45) is 5.92 Å². The highest BCUT2D eigenvalue weighted by Crippen LogP contribution is 2.32. The van der Waals surface area contributed by atoms with Crippen molar-refractivity contribution in [2.45, 2.75) is 45.6 Å². The zero-order valence-electron chi connectivity index (χ0n) is 12.7. The van der Waals surface area contributed by atoms with Gasteiger partial charge in [0, 0.05) is 24.8 Å². The standard InChI is InChI=1S/C17H28N2/c1-14(2)8-6-12-19-13-7-10-16(18-3)15-9-4-5-11-17(15)19/h4-5,9,11,14,16,18H,6-8,10,12-13H2,1-3H3. The SMILES string of the molecule is CNC1CCCN(CCCC(C)C)c2ccccc21. The Hall–Kier alpha value is -1.02. The van der Waals surface area contributed by atoms with E-state index in [0.29, 0.717) is 6.04 Å². The second kappa shape index (κ2) is 6.95. The summed E-state index contributed by atoms with van der Waals surface area (Å²) in [4.78, 5) is 2.59. The lowest BCUT2D eigenvalue weighted by molar-refractivity contribution is 0.531. The number of hydrogen-bond acceptors (Lipinski definition) is 2. The van der Waals surface area contributed by atoms with Crippen LogP contribution in [-0.4, -0.2) is 20.1 Å². The maximum Gasteiger partial charge on any atom is 0.0414 e. The molecule has 1 aromatic rings. The number of anilines is 1. The summed E-state index contributed by atoms with van der Waals surface area (Å²) in [6, 6.07) is 9.44. The van der Waals surface area contributed by atoms with Crippen molar-refractivity contribution >= 4 is 5.69 Å². The minimum Gasteiger partial charge on any atom is -0.371 e. The second-order valence-corrected chi connectivity index (χ2v) is 6.07. The molecule has 0 aromatic heterocycles. The molecule has 1 aromatic carbocycles. The number of fused-ring (bicyclic) bond motifs is 1. The summed E-state index contributed by atoms with van der Waals surface area (Å²) in [7, 11) is 2.08. The third-order valence-electron chi connectivity index (χ3n) is 4.13. The van der Waals surface area contributed by atoms with Gasteiger partial charge in [-0.1, -0.05) is 32.0 Å². The number of nitrogens with zero attached hydrogens (tertiary/aromatic N) is 1. The van der Waals surface area contributed by atoms with Crippen LogP contribution in [0.4, 0.5) is 5.69 Å². The first-order valence-corrected chi connectivity index (χ1v) is 7.73. The zero-order chi connectivity index (χ0) is 13.7. The number of rotatable bonds is 5. The predicted octanol–water partition coefficient (Wildman–Crippen LogP) is 3.98. The number of hydrogen-bond donors (Lipinski definition) is 1. The van der Waals surface area contributed by atoms with Crippen LogP contribution < -0.4 is 10.2 Å². The van der Waals surface area contributed by atoms with Gasteiger partial charge in [-0.25, -0.2) is 0 Å². The second-order valence-electron chi connectivity index (χ2n) is 6.07. The van der Waals surface area contributed by atoms with Gasteiger partial charge in [-0.2, -0.15) is 0 Å². The van der Waals surface area contributed by atoms with Crippen molar-refractivity contribution in [3.8, 4) is 0 Å². The summed E-state index contributed by atoms with van der Waals surface area (Å²) in [5.41, 5.74) is 2.93. The highest BCUT2D eigenvalue weighted by Gasteiger charge is 2.20. The summed E-state index contributed by atoms with van der Waals surface area (Å²) in [6.45, 7) is 7.03. The Morgan fingerprint density at radius 2 is 2.11 bits per heavy atom. The fourth-order valence-corrected chi connectivity index (χ4v) is 3.05. The normalized spacial score (nSPS) is 19.4. The van der Waals surface area contributed by atoms with Gasteiger partial charge < -0.3 is 10.2 Å². The maximum absolute atomic E-state index is 3.47. The molecule has 106 valence electrons. The maximum atomic E-state index is 3.47. The molecular formula is C17H28N2. The van der Waals surface area contributed by atoms with Gasteiger partial charge in [0.2, 0.25) is 0 Å². The molecule has 0 fully saturated rings. The quantitative estimate of drug-likeness (QED) is 0.861. The molecule has 2 heteroatoms. The molecule has 0 saturated carbocycles. The Balaban J connectivity index is 2.11. The Kier molecular flexibility index (Phi) is 5.26. The molecule has 1 heterocycles. The summed E-state index contributed by atoms with van der Waals surface area (Å²) in [5, 5.41) is 3.47. The van der Waals surface area contributed by atoms with Gasteiger partial charge in [-0.05, 0) is 50.3 Å². The van der Waals surface area contributed by atoms with E-state index in [2.05, 4.69) is 55.4 Å². The van der Waals surface area contributed by atoms with Crippen molar-refractivity contribution in [1.82, 2.24) is 5.32 Å². The highest BCUT2D eigenvalue weighted by molar-refractivity contribution is 5.55. The average molecular weight is 260 g/mol. The minimum absolute atomic E-state index is 0.520. The van der Waals surface area contributed by atoms with Gasteiger partial charge in [-0.3, -0.25) is 0 Å². The Morgan fingerprint density at radius 3 is 2.84 bits per heavy atom. The summed E-state index contributed by atoms with van der Waals surface area (Å²) in [5.74, 6) is 0.812. The van der Waals surface area contributed by atoms with Crippen LogP contribution in [0.5, 0.6) is 0 Å². The Morgan fingerprint density at radius 1 is 1.32 bits per heavy atom. The van der Waals surface area contributed by atoms with Crippen LogP contribution >= 0.6 is 0 Å². The first-order valence-electron chi connectivity index (χ1n) is 7.73. The van der Waals surface area contributed by atoms with E-state index in [9.17, 15) is 0 Å². The molecule has 1 unspecified atom stereocenters. The largest absolute Gasteiger partial charge is 0.371 e. The van der Waals surface area contributed by atoms with Crippen LogP contribution in [0.3, 0.4) is 0 Å². The molecule has 0 amide bonds. The predicted molar refractivity (Wildman–Crippen MR) is 83.8 cm³/mol. The van der Waals surface area contributed by atoms with Gasteiger partial charge in [0.05, 0.1) is 0 Å². The van der Waals surface area contributed by atoms with E-state index in [1.165, 1.54) is 50.0 Å². The van der Waals surface area contributed by atoms with E-state index in [-0.39, 0.29) is 0 Å². The lowest BCUT2D eigenvalue weighted by Gasteiger charge is -2.26. The highest BCUT2D eigenvalue weighted by atomic mass is 15.1. The van der Waals surface area contributed by atoms with Crippen LogP contribution in [-0.2, 0) is 0 Å². The van der Waals surface area contributed by atoms with Crippen LogP contribution in [0.15, 0.2) is 24.3 Å². The Bertz CT molecular complexity index is 387. The molecule has 19 heavy (non-hydrogen) atoms. The smallest absolute Gasteiger partial charge is 0.0414 e. The molecule has 1 N–H and O–H groups in total. The third-order valence-corrected chi connectivity index (χ3v) is 4.13. The van der Waals surface area contributed by atoms with Crippen LogP contribution in [0.2, 0.25) is 0 Å². The molecule has 0 spiro atoms.